The van der Waals surface area contributed by atoms with E-state index in [4.69, 9.17) is 4.74 Å². The molecule has 1 amide bonds. The Labute approximate surface area is 161 Å². The van der Waals surface area contributed by atoms with Crippen LogP contribution < -0.4 is 4.74 Å². The van der Waals surface area contributed by atoms with Crippen LogP contribution in [0, 0.1) is 0 Å². The van der Waals surface area contributed by atoms with Gasteiger partial charge in [0.1, 0.15) is 0 Å². The molecule has 6 nitrogen and oxygen atoms in total. The third kappa shape index (κ3) is 4.27. The van der Waals surface area contributed by atoms with Crippen molar-refractivity contribution in [2.75, 3.05) is 26.7 Å². The monoisotopic (exact) mass is 368 g/mol. The molecule has 0 radical (unpaired) electrons. The molecule has 0 N–H and O–H groups in total. The number of pyridine rings is 2. The molecule has 0 aliphatic carbocycles. The lowest BCUT2D eigenvalue weighted by Crippen LogP contribution is -2.56. The number of amides is 1. The Morgan fingerprint density at radius 1 is 1.19 bits per heavy atom. The van der Waals surface area contributed by atoms with Crippen molar-refractivity contribution in [1.82, 2.24) is 19.8 Å². The number of hydrogen-bond acceptors (Lipinski definition) is 5. The molecule has 3 rings (SSSR count). The Bertz CT molecular complexity index is 759. The molecule has 2 aromatic heterocycles. The number of aromatic nitrogens is 2. The van der Waals surface area contributed by atoms with Crippen LogP contribution in [-0.2, 0) is 0 Å². The van der Waals surface area contributed by atoms with Gasteiger partial charge < -0.3 is 9.64 Å². The lowest BCUT2D eigenvalue weighted by Gasteiger charge is -2.43. The SMILES string of the molecule is CC[C@H]1CN(C(=O)c2ccc(-c3ccc(OC)nc3)nc2)CCN1C(C)C. The average Bonchev–Trinajstić information content (AvgIpc) is 2.72. The molecule has 0 saturated carbocycles. The summed E-state index contributed by atoms with van der Waals surface area (Å²) in [5, 5.41) is 0. The van der Waals surface area contributed by atoms with Gasteiger partial charge in [-0.3, -0.25) is 14.7 Å². The molecule has 1 fully saturated rings. The molecule has 6 heteroatoms. The van der Waals surface area contributed by atoms with Gasteiger partial charge in [-0.15, -0.1) is 0 Å². The first kappa shape index (κ1) is 19.3. The largest absolute Gasteiger partial charge is 0.481 e. The number of carbonyl (C=O) groups is 1. The Balaban J connectivity index is 1.70. The third-order valence-electron chi connectivity index (χ3n) is 5.20. The van der Waals surface area contributed by atoms with E-state index in [-0.39, 0.29) is 5.91 Å². The van der Waals surface area contributed by atoms with Crippen LogP contribution in [-0.4, -0.2) is 64.5 Å². The summed E-state index contributed by atoms with van der Waals surface area (Å²) >= 11 is 0. The van der Waals surface area contributed by atoms with Crippen LogP contribution >= 0.6 is 0 Å². The predicted molar refractivity (Wildman–Crippen MR) is 106 cm³/mol. The molecular weight excluding hydrogens is 340 g/mol. The molecule has 0 bridgehead atoms. The van der Waals surface area contributed by atoms with E-state index in [1.54, 1.807) is 25.6 Å². The second kappa shape index (κ2) is 8.48. The van der Waals surface area contributed by atoms with Crippen LogP contribution in [0.15, 0.2) is 36.7 Å². The molecule has 3 heterocycles. The van der Waals surface area contributed by atoms with Gasteiger partial charge >= 0.3 is 0 Å². The summed E-state index contributed by atoms with van der Waals surface area (Å²) in [4.78, 5) is 26.0. The fraction of sp³-hybridized carbons (Fsp3) is 0.476. The highest BCUT2D eigenvalue weighted by molar-refractivity contribution is 5.94. The van der Waals surface area contributed by atoms with E-state index in [0.717, 1.165) is 37.3 Å². The number of carbonyl (C=O) groups excluding carboxylic acids is 1. The molecule has 1 atom stereocenters. The number of piperazine rings is 1. The first-order valence-electron chi connectivity index (χ1n) is 9.55. The fourth-order valence-electron chi connectivity index (χ4n) is 3.62. The van der Waals surface area contributed by atoms with Crippen molar-refractivity contribution in [1.29, 1.82) is 0 Å². The summed E-state index contributed by atoms with van der Waals surface area (Å²) in [6, 6.07) is 8.36. The standard InChI is InChI=1S/C21H28N4O2/c1-5-18-14-24(10-11-25(18)15(2)3)21(26)17-6-8-19(22-13-17)16-7-9-20(27-4)23-12-16/h6-9,12-13,15,18H,5,10-11,14H2,1-4H3/t18-/m0/s1. The average molecular weight is 368 g/mol. The Morgan fingerprint density at radius 2 is 2.00 bits per heavy atom. The van der Waals surface area contributed by atoms with Crippen LogP contribution in [0.3, 0.4) is 0 Å². The van der Waals surface area contributed by atoms with Gasteiger partial charge in [0.05, 0.1) is 18.4 Å². The molecule has 2 aromatic rings. The van der Waals surface area contributed by atoms with Gasteiger partial charge in [-0.05, 0) is 38.5 Å². The lowest BCUT2D eigenvalue weighted by molar-refractivity contribution is 0.0371. The maximum absolute atomic E-state index is 12.9. The molecule has 27 heavy (non-hydrogen) atoms. The van der Waals surface area contributed by atoms with E-state index >= 15 is 0 Å². The van der Waals surface area contributed by atoms with Crippen LogP contribution in [0.4, 0.5) is 0 Å². The zero-order valence-electron chi connectivity index (χ0n) is 16.6. The topological polar surface area (TPSA) is 58.6 Å². The van der Waals surface area contributed by atoms with Crippen molar-refractivity contribution in [2.24, 2.45) is 0 Å². The van der Waals surface area contributed by atoms with Gasteiger partial charge in [0.2, 0.25) is 5.88 Å². The van der Waals surface area contributed by atoms with Gasteiger partial charge in [-0.2, -0.15) is 0 Å². The van der Waals surface area contributed by atoms with E-state index in [1.807, 2.05) is 23.1 Å². The van der Waals surface area contributed by atoms with Crippen molar-refractivity contribution in [2.45, 2.75) is 39.3 Å². The maximum atomic E-state index is 12.9. The van der Waals surface area contributed by atoms with Gasteiger partial charge in [0.25, 0.3) is 5.91 Å². The Hall–Kier alpha value is -2.47. The number of rotatable bonds is 5. The number of nitrogens with zero attached hydrogens (tertiary/aromatic N) is 4. The number of ether oxygens (including phenoxy) is 1. The first-order valence-corrected chi connectivity index (χ1v) is 9.55. The van der Waals surface area contributed by atoms with Crippen molar-refractivity contribution in [3.63, 3.8) is 0 Å². The molecule has 1 saturated heterocycles. The second-order valence-corrected chi connectivity index (χ2v) is 7.17. The summed E-state index contributed by atoms with van der Waals surface area (Å²) in [6.45, 7) is 9.08. The zero-order valence-corrected chi connectivity index (χ0v) is 16.6. The summed E-state index contributed by atoms with van der Waals surface area (Å²) in [5.41, 5.74) is 2.32. The molecular formula is C21H28N4O2. The van der Waals surface area contributed by atoms with E-state index < -0.39 is 0 Å². The highest BCUT2D eigenvalue weighted by atomic mass is 16.5. The second-order valence-electron chi connectivity index (χ2n) is 7.17. The Morgan fingerprint density at radius 3 is 2.56 bits per heavy atom. The van der Waals surface area contributed by atoms with E-state index in [9.17, 15) is 4.79 Å². The molecule has 144 valence electrons. The van der Waals surface area contributed by atoms with Gasteiger partial charge in [-0.25, -0.2) is 4.98 Å². The van der Waals surface area contributed by atoms with E-state index in [1.165, 1.54) is 0 Å². The molecule has 0 aromatic carbocycles. The van der Waals surface area contributed by atoms with Gasteiger partial charge in [0, 0.05) is 55.7 Å². The van der Waals surface area contributed by atoms with E-state index in [0.29, 0.717) is 23.5 Å². The van der Waals surface area contributed by atoms with Crippen LogP contribution in [0.1, 0.15) is 37.6 Å². The highest BCUT2D eigenvalue weighted by Crippen LogP contribution is 2.21. The minimum absolute atomic E-state index is 0.0590. The van der Waals surface area contributed by atoms with Gasteiger partial charge in [0.15, 0.2) is 0 Å². The third-order valence-corrected chi connectivity index (χ3v) is 5.20. The highest BCUT2D eigenvalue weighted by Gasteiger charge is 2.30. The van der Waals surface area contributed by atoms with E-state index in [2.05, 4.69) is 35.6 Å². The van der Waals surface area contributed by atoms with Crippen LogP contribution in [0.2, 0.25) is 0 Å². The normalized spacial score (nSPS) is 18.0. The maximum Gasteiger partial charge on any atom is 0.255 e. The van der Waals surface area contributed by atoms with Crippen molar-refractivity contribution >= 4 is 5.91 Å². The van der Waals surface area contributed by atoms with Crippen molar-refractivity contribution in [3.8, 4) is 17.1 Å². The van der Waals surface area contributed by atoms with Crippen LogP contribution in [0.5, 0.6) is 5.88 Å². The molecule has 0 spiro atoms. The molecule has 0 unspecified atom stereocenters. The fourth-order valence-corrected chi connectivity index (χ4v) is 3.62. The quantitative estimate of drug-likeness (QED) is 0.812. The molecule has 1 aliphatic heterocycles. The van der Waals surface area contributed by atoms with Crippen molar-refractivity contribution in [3.05, 3.63) is 42.2 Å². The summed E-state index contributed by atoms with van der Waals surface area (Å²) in [7, 11) is 1.59. The Kier molecular flexibility index (Phi) is 6.06. The minimum atomic E-state index is 0.0590. The van der Waals surface area contributed by atoms with Crippen molar-refractivity contribution < 1.29 is 9.53 Å². The minimum Gasteiger partial charge on any atom is -0.481 e. The first-order chi connectivity index (χ1) is 13.0. The predicted octanol–water partition coefficient (Wildman–Crippen LogP) is 3.10. The zero-order chi connectivity index (χ0) is 19.4. The van der Waals surface area contributed by atoms with Gasteiger partial charge in [-0.1, -0.05) is 6.92 Å². The van der Waals surface area contributed by atoms with Crippen LogP contribution in [0.25, 0.3) is 11.3 Å². The smallest absolute Gasteiger partial charge is 0.255 e. The number of hydrogen-bond donors (Lipinski definition) is 0. The molecule has 1 aliphatic rings. The summed E-state index contributed by atoms with van der Waals surface area (Å²) < 4.78 is 5.08. The summed E-state index contributed by atoms with van der Waals surface area (Å²) in [6.07, 6.45) is 4.43. The number of methoxy groups -OCH3 is 1. The lowest BCUT2D eigenvalue weighted by atomic mass is 10.1. The summed E-state index contributed by atoms with van der Waals surface area (Å²) in [5.74, 6) is 0.625.